The molecule has 5 heteroatoms. The Morgan fingerprint density at radius 1 is 1.27 bits per heavy atom. The van der Waals surface area contributed by atoms with Crippen molar-refractivity contribution in [3.8, 4) is 5.75 Å². The summed E-state index contributed by atoms with van der Waals surface area (Å²) in [6, 6.07) is 8.46. The van der Waals surface area contributed by atoms with E-state index in [2.05, 4.69) is 22.3 Å². The van der Waals surface area contributed by atoms with Crippen LogP contribution in [0.4, 0.5) is 0 Å². The summed E-state index contributed by atoms with van der Waals surface area (Å²) in [7, 11) is 1.68. The van der Waals surface area contributed by atoms with Crippen molar-refractivity contribution in [1.29, 1.82) is 0 Å². The number of hydrogen-bond acceptors (Lipinski definition) is 4. The van der Waals surface area contributed by atoms with Gasteiger partial charge in [-0.05, 0) is 49.9 Å². The van der Waals surface area contributed by atoms with Gasteiger partial charge in [0, 0.05) is 6.54 Å². The van der Waals surface area contributed by atoms with Gasteiger partial charge in [-0.25, -0.2) is 0 Å². The molecule has 1 aliphatic rings. The normalized spacial score (nSPS) is 17.0. The van der Waals surface area contributed by atoms with Crippen LogP contribution in [-0.2, 0) is 4.79 Å². The highest BCUT2D eigenvalue weighted by atomic mass is 32.2. The molecular weight excluding hydrogens is 296 g/mol. The maximum atomic E-state index is 11.8. The molecule has 1 amide bonds. The zero-order valence-electron chi connectivity index (χ0n) is 13.5. The molecule has 1 heterocycles. The molecule has 1 atom stereocenters. The summed E-state index contributed by atoms with van der Waals surface area (Å²) in [6.45, 7) is 2.88. The highest BCUT2D eigenvalue weighted by Crippen LogP contribution is 2.25. The summed E-state index contributed by atoms with van der Waals surface area (Å²) in [4.78, 5) is 14.3. The van der Waals surface area contributed by atoms with Crippen LogP contribution in [0.2, 0.25) is 0 Å². The predicted octanol–water partition coefficient (Wildman–Crippen LogP) is 2.70. The Kier molecular flexibility index (Phi) is 7.06. The van der Waals surface area contributed by atoms with Crippen LogP contribution >= 0.6 is 11.8 Å². The number of piperidine rings is 1. The second kappa shape index (κ2) is 9.06. The van der Waals surface area contributed by atoms with Crippen molar-refractivity contribution in [1.82, 2.24) is 10.2 Å². The van der Waals surface area contributed by atoms with Gasteiger partial charge in [0.05, 0.1) is 18.9 Å². The van der Waals surface area contributed by atoms with E-state index in [1.165, 1.54) is 24.8 Å². The molecule has 2 rings (SSSR count). The summed E-state index contributed by atoms with van der Waals surface area (Å²) >= 11 is 1.56. The number of carbonyl (C=O) groups excluding carboxylic acids is 1. The first kappa shape index (κ1) is 17.2. The van der Waals surface area contributed by atoms with Gasteiger partial charge in [-0.15, -0.1) is 0 Å². The Bertz CT molecular complexity index is 458. The van der Waals surface area contributed by atoms with Gasteiger partial charge in [0.1, 0.15) is 5.75 Å². The average molecular weight is 322 g/mol. The number of carbonyl (C=O) groups is 1. The van der Waals surface area contributed by atoms with E-state index in [4.69, 9.17) is 4.74 Å². The van der Waals surface area contributed by atoms with Crippen molar-refractivity contribution in [3.05, 3.63) is 29.8 Å². The number of nitrogens with one attached hydrogen (secondary N) is 1. The molecule has 1 aromatic rings. The van der Waals surface area contributed by atoms with Gasteiger partial charge >= 0.3 is 0 Å². The Hall–Kier alpha value is -1.20. The molecule has 1 unspecified atom stereocenters. The van der Waals surface area contributed by atoms with E-state index in [0.717, 1.165) is 18.8 Å². The largest absolute Gasteiger partial charge is 0.497 e. The summed E-state index contributed by atoms with van der Waals surface area (Å²) in [5.74, 6) is 1.51. The van der Waals surface area contributed by atoms with Crippen LogP contribution in [0.1, 0.15) is 30.9 Å². The minimum absolute atomic E-state index is 0.114. The molecule has 4 nitrogen and oxygen atoms in total. The number of rotatable bonds is 7. The number of amides is 1. The first-order valence-corrected chi connectivity index (χ1v) is 9.27. The zero-order valence-corrected chi connectivity index (χ0v) is 14.3. The van der Waals surface area contributed by atoms with Gasteiger partial charge < -0.3 is 10.1 Å². The maximum absolute atomic E-state index is 11.8. The molecule has 0 radical (unpaired) electrons. The smallest absolute Gasteiger partial charge is 0.230 e. The molecule has 122 valence electrons. The number of thioether (sulfide) groups is 1. The lowest BCUT2D eigenvalue weighted by Gasteiger charge is -2.35. The fraction of sp³-hybridized carbons (Fsp3) is 0.588. The number of hydrogen-bond donors (Lipinski definition) is 1. The van der Waals surface area contributed by atoms with Gasteiger partial charge in [0.2, 0.25) is 5.91 Å². The monoisotopic (exact) mass is 322 g/mol. The van der Waals surface area contributed by atoms with E-state index in [1.807, 2.05) is 18.4 Å². The molecule has 0 saturated carbocycles. The third-order valence-electron chi connectivity index (χ3n) is 4.10. The topological polar surface area (TPSA) is 41.6 Å². The quantitative estimate of drug-likeness (QED) is 0.838. The molecule has 0 spiro atoms. The van der Waals surface area contributed by atoms with E-state index < -0.39 is 0 Å². The van der Waals surface area contributed by atoms with E-state index >= 15 is 0 Å². The standard InChI is InChI=1S/C17H26N2O2S/c1-21-15-8-6-14(7-9-15)16(12-18-17(20)13-22-2)19-10-4-3-5-11-19/h6-9,16H,3-5,10-13H2,1-2H3,(H,18,20). The number of likely N-dealkylation sites (tertiary alicyclic amines) is 1. The van der Waals surface area contributed by atoms with Crippen LogP contribution in [0.3, 0.4) is 0 Å². The van der Waals surface area contributed by atoms with Crippen LogP contribution in [0, 0.1) is 0 Å². The van der Waals surface area contributed by atoms with Gasteiger partial charge in [-0.2, -0.15) is 11.8 Å². The average Bonchev–Trinajstić information content (AvgIpc) is 2.57. The predicted molar refractivity (Wildman–Crippen MR) is 92.6 cm³/mol. The van der Waals surface area contributed by atoms with Crippen LogP contribution in [-0.4, -0.2) is 49.6 Å². The molecule has 0 bridgehead atoms. The van der Waals surface area contributed by atoms with E-state index in [0.29, 0.717) is 12.3 Å². The second-order valence-electron chi connectivity index (χ2n) is 5.62. The molecule has 0 aromatic heterocycles. The van der Waals surface area contributed by atoms with Gasteiger partial charge in [-0.3, -0.25) is 9.69 Å². The summed E-state index contributed by atoms with van der Waals surface area (Å²) in [5.41, 5.74) is 1.24. The molecule has 1 saturated heterocycles. The SMILES string of the molecule is COc1ccc(C(CNC(=O)CSC)N2CCCCC2)cc1. The van der Waals surface area contributed by atoms with Crippen LogP contribution in [0.25, 0.3) is 0 Å². The van der Waals surface area contributed by atoms with Gasteiger partial charge in [0.25, 0.3) is 0 Å². The molecule has 1 fully saturated rings. The van der Waals surface area contributed by atoms with Crippen molar-refractivity contribution in [2.45, 2.75) is 25.3 Å². The van der Waals surface area contributed by atoms with Crippen molar-refractivity contribution in [2.75, 3.05) is 38.8 Å². The molecule has 1 aliphatic heterocycles. The Morgan fingerprint density at radius 2 is 1.95 bits per heavy atom. The van der Waals surface area contributed by atoms with Crippen LogP contribution < -0.4 is 10.1 Å². The number of benzene rings is 1. The van der Waals surface area contributed by atoms with Crippen molar-refractivity contribution in [3.63, 3.8) is 0 Å². The van der Waals surface area contributed by atoms with Crippen LogP contribution in [0.15, 0.2) is 24.3 Å². The number of ether oxygens (including phenoxy) is 1. The van der Waals surface area contributed by atoms with Gasteiger partial charge in [-0.1, -0.05) is 18.6 Å². The minimum atomic E-state index is 0.114. The molecular formula is C17H26N2O2S. The van der Waals surface area contributed by atoms with Crippen molar-refractivity contribution in [2.24, 2.45) is 0 Å². The lowest BCUT2D eigenvalue weighted by atomic mass is 10.0. The van der Waals surface area contributed by atoms with Crippen molar-refractivity contribution >= 4 is 17.7 Å². The molecule has 22 heavy (non-hydrogen) atoms. The fourth-order valence-electron chi connectivity index (χ4n) is 2.91. The lowest BCUT2D eigenvalue weighted by Crippen LogP contribution is -2.41. The second-order valence-corrected chi connectivity index (χ2v) is 6.49. The Labute approximate surface area is 137 Å². The third-order valence-corrected chi connectivity index (χ3v) is 4.65. The van der Waals surface area contributed by atoms with E-state index in [9.17, 15) is 4.79 Å². The van der Waals surface area contributed by atoms with E-state index in [-0.39, 0.29) is 11.9 Å². The maximum Gasteiger partial charge on any atom is 0.230 e. The highest BCUT2D eigenvalue weighted by Gasteiger charge is 2.22. The van der Waals surface area contributed by atoms with Crippen molar-refractivity contribution < 1.29 is 9.53 Å². The first-order valence-electron chi connectivity index (χ1n) is 7.88. The Balaban J connectivity index is 2.07. The third kappa shape index (κ3) is 4.92. The summed E-state index contributed by atoms with van der Waals surface area (Å²) in [5, 5.41) is 3.08. The first-order chi connectivity index (χ1) is 10.7. The fourth-order valence-corrected chi connectivity index (χ4v) is 3.27. The van der Waals surface area contributed by atoms with Gasteiger partial charge in [0.15, 0.2) is 0 Å². The van der Waals surface area contributed by atoms with E-state index in [1.54, 1.807) is 18.9 Å². The highest BCUT2D eigenvalue weighted by molar-refractivity contribution is 7.99. The summed E-state index contributed by atoms with van der Waals surface area (Å²) < 4.78 is 5.24. The zero-order chi connectivity index (χ0) is 15.8. The minimum Gasteiger partial charge on any atom is -0.497 e. The molecule has 1 aromatic carbocycles. The molecule has 1 N–H and O–H groups in total. The Morgan fingerprint density at radius 3 is 2.55 bits per heavy atom. The summed E-state index contributed by atoms with van der Waals surface area (Å²) in [6.07, 6.45) is 5.74. The molecule has 0 aliphatic carbocycles. The lowest BCUT2D eigenvalue weighted by molar-refractivity contribution is -0.118. The van der Waals surface area contributed by atoms with Crippen LogP contribution in [0.5, 0.6) is 5.75 Å². The number of nitrogens with zero attached hydrogens (tertiary/aromatic N) is 1. The number of methoxy groups -OCH3 is 1.